The van der Waals surface area contributed by atoms with Crippen molar-refractivity contribution in [3.8, 4) is 0 Å². The average Bonchev–Trinajstić information content (AvgIpc) is 2.81. The zero-order valence-electron chi connectivity index (χ0n) is 11.1. The molecular formula is C11H10IN5O5. The molecule has 1 fully saturated rings. The number of halogens is 1. The molecule has 10 nitrogen and oxygen atoms in total. The maximum Gasteiger partial charge on any atom is 0.275 e. The van der Waals surface area contributed by atoms with Crippen LogP contribution in [0.2, 0.25) is 0 Å². The Morgan fingerprint density at radius 3 is 2.64 bits per heavy atom. The van der Waals surface area contributed by atoms with Gasteiger partial charge in [0.15, 0.2) is 21.3 Å². The molecule has 22 heavy (non-hydrogen) atoms. The molecule has 0 radical (unpaired) electrons. The van der Waals surface area contributed by atoms with E-state index in [0.29, 0.717) is 10.8 Å². The van der Waals surface area contributed by atoms with Crippen LogP contribution in [0, 0.1) is 15.6 Å². The van der Waals surface area contributed by atoms with Crippen LogP contribution in [0.15, 0.2) is 24.7 Å². The number of carbonyl (C=O) groups is 2. The molecule has 1 aliphatic rings. The van der Waals surface area contributed by atoms with Crippen LogP contribution in [0.4, 0.5) is 11.4 Å². The fourth-order valence-corrected chi connectivity index (χ4v) is 2.47. The van der Waals surface area contributed by atoms with E-state index in [1.807, 2.05) is 0 Å². The van der Waals surface area contributed by atoms with Crippen molar-refractivity contribution in [1.82, 2.24) is 5.06 Å². The van der Waals surface area contributed by atoms with Gasteiger partial charge in [-0.05, 0) is 12.1 Å². The lowest BCUT2D eigenvalue weighted by Gasteiger charge is -2.13. The SMILES string of the molecule is N=NI=Nc1ccc([N+](=O)[O-])c(CON2C(=O)CCC2=O)c1. The first-order valence-electron chi connectivity index (χ1n) is 6.00. The van der Waals surface area contributed by atoms with Crippen LogP contribution >= 0.6 is 21.3 Å². The van der Waals surface area contributed by atoms with Crippen molar-refractivity contribution in [3.05, 3.63) is 33.9 Å². The molecule has 0 saturated carbocycles. The van der Waals surface area contributed by atoms with Crippen molar-refractivity contribution in [2.75, 3.05) is 0 Å². The maximum atomic E-state index is 11.4. The lowest BCUT2D eigenvalue weighted by Crippen LogP contribution is -2.29. The largest absolute Gasteiger partial charge is 0.275 e. The van der Waals surface area contributed by atoms with Crippen LogP contribution in [-0.4, -0.2) is 21.8 Å². The van der Waals surface area contributed by atoms with Gasteiger partial charge in [-0.25, -0.2) is 3.15 Å². The summed E-state index contributed by atoms with van der Waals surface area (Å²) in [5.74, 6) is -0.931. The number of carbonyl (C=O) groups excluding carboxylic acids is 2. The number of hydrogen-bond donors (Lipinski definition) is 1. The number of nitrogens with zero attached hydrogens (tertiary/aromatic N) is 4. The summed E-state index contributed by atoms with van der Waals surface area (Å²) in [7, 11) is 0. The van der Waals surface area contributed by atoms with Gasteiger partial charge in [-0.3, -0.25) is 24.5 Å². The quantitative estimate of drug-likeness (QED) is 0.248. The summed E-state index contributed by atoms with van der Waals surface area (Å²) in [5.41, 5.74) is 7.15. The minimum absolute atomic E-state index is 0.0751. The lowest BCUT2D eigenvalue weighted by atomic mass is 10.2. The van der Waals surface area contributed by atoms with E-state index in [1.165, 1.54) is 18.2 Å². The summed E-state index contributed by atoms with van der Waals surface area (Å²) in [4.78, 5) is 38.4. The van der Waals surface area contributed by atoms with Gasteiger partial charge < -0.3 is 0 Å². The molecule has 11 heteroatoms. The number of nitrogens with one attached hydrogen (secondary N) is 1. The second-order valence-electron chi connectivity index (χ2n) is 4.17. The number of nitro benzene ring substituents is 1. The van der Waals surface area contributed by atoms with Crippen molar-refractivity contribution in [2.24, 2.45) is 6.47 Å². The highest BCUT2D eigenvalue weighted by Crippen LogP contribution is 2.28. The Labute approximate surface area is 134 Å². The molecule has 2 rings (SSSR count). The molecule has 0 bridgehead atoms. The molecule has 0 aromatic heterocycles. The fourth-order valence-electron chi connectivity index (χ4n) is 1.81. The molecule has 1 aromatic rings. The number of imide groups is 1. The van der Waals surface area contributed by atoms with Crippen molar-refractivity contribution < 1.29 is 19.3 Å². The average molecular weight is 419 g/mol. The molecule has 0 atom stereocenters. The van der Waals surface area contributed by atoms with Crippen molar-refractivity contribution >= 4 is 44.5 Å². The van der Waals surface area contributed by atoms with Gasteiger partial charge >= 0.3 is 0 Å². The predicted molar refractivity (Wildman–Crippen MR) is 80.2 cm³/mol. The molecular weight excluding hydrogens is 409 g/mol. The van der Waals surface area contributed by atoms with E-state index in [2.05, 4.69) is 6.47 Å². The van der Waals surface area contributed by atoms with Crippen LogP contribution in [0.1, 0.15) is 18.4 Å². The smallest absolute Gasteiger partial charge is 0.272 e. The van der Waals surface area contributed by atoms with Crippen LogP contribution in [0.3, 0.4) is 0 Å². The number of hydroxylamine groups is 2. The minimum atomic E-state index is -1.04. The molecule has 0 unspecified atom stereocenters. The molecule has 0 aliphatic carbocycles. The molecule has 1 N–H and O–H groups in total. The van der Waals surface area contributed by atoms with Crippen LogP contribution in [0.25, 0.3) is 0 Å². The first kappa shape index (κ1) is 16.2. The summed E-state index contributed by atoms with van der Waals surface area (Å²) < 4.78 is 7.20. The van der Waals surface area contributed by atoms with Gasteiger partial charge in [0.25, 0.3) is 17.5 Å². The highest BCUT2D eigenvalue weighted by atomic mass is 127. The van der Waals surface area contributed by atoms with E-state index in [0.717, 1.165) is 0 Å². The van der Waals surface area contributed by atoms with E-state index in [9.17, 15) is 19.7 Å². The highest BCUT2D eigenvalue weighted by Gasteiger charge is 2.30. The fraction of sp³-hybridized carbons (Fsp3) is 0.273. The van der Waals surface area contributed by atoms with Gasteiger partial charge in [-0.1, -0.05) is 0 Å². The van der Waals surface area contributed by atoms with E-state index in [-0.39, 0.29) is 30.7 Å². The lowest BCUT2D eigenvalue weighted by molar-refractivity contribution is -0.386. The molecule has 2 amide bonds. The van der Waals surface area contributed by atoms with Crippen LogP contribution in [0.5, 0.6) is 0 Å². The van der Waals surface area contributed by atoms with Crippen LogP contribution in [-0.2, 0) is 21.0 Å². The Bertz CT molecular complexity index is 661. The second kappa shape index (κ2) is 7.22. The van der Waals surface area contributed by atoms with Gasteiger partial charge in [0.2, 0.25) is 0 Å². The van der Waals surface area contributed by atoms with Gasteiger partial charge in [-0.15, -0.1) is 3.33 Å². The zero-order chi connectivity index (χ0) is 16.1. The van der Waals surface area contributed by atoms with E-state index >= 15 is 0 Å². The molecule has 1 aromatic carbocycles. The number of rotatable bonds is 6. The molecule has 1 heterocycles. The molecule has 0 spiro atoms. The number of amides is 2. The summed E-state index contributed by atoms with van der Waals surface area (Å²) in [6.07, 6.45) is 0.150. The monoisotopic (exact) mass is 419 g/mol. The van der Waals surface area contributed by atoms with Crippen molar-refractivity contribution in [1.29, 1.82) is 5.53 Å². The minimum Gasteiger partial charge on any atom is -0.272 e. The Kier molecular flexibility index (Phi) is 5.32. The van der Waals surface area contributed by atoms with E-state index in [1.54, 1.807) is 0 Å². The first-order valence-corrected chi connectivity index (χ1v) is 7.93. The van der Waals surface area contributed by atoms with Gasteiger partial charge in [0, 0.05) is 18.9 Å². The number of benzene rings is 1. The molecule has 1 saturated heterocycles. The number of nitro groups is 1. The first-order chi connectivity index (χ1) is 10.5. The van der Waals surface area contributed by atoms with Gasteiger partial charge in [0.1, 0.15) is 6.61 Å². The maximum absolute atomic E-state index is 11.4. The summed E-state index contributed by atoms with van der Waals surface area (Å²) in [6, 6.07) is 4.13. The summed E-state index contributed by atoms with van der Waals surface area (Å²) in [6.45, 7) is -0.298. The van der Waals surface area contributed by atoms with Crippen LogP contribution < -0.4 is 0 Å². The summed E-state index contributed by atoms with van der Waals surface area (Å²) in [5, 5.41) is 11.6. The third-order valence-corrected chi connectivity index (χ3v) is 3.78. The van der Waals surface area contributed by atoms with Gasteiger partial charge in [-0.2, -0.15) is 10.6 Å². The Morgan fingerprint density at radius 2 is 2.05 bits per heavy atom. The Morgan fingerprint density at radius 1 is 1.36 bits per heavy atom. The summed E-state index contributed by atoms with van der Waals surface area (Å²) >= 11 is -1.04. The van der Waals surface area contributed by atoms with Crippen molar-refractivity contribution in [2.45, 2.75) is 19.4 Å². The van der Waals surface area contributed by atoms with E-state index in [4.69, 9.17) is 10.4 Å². The molecule has 1 aliphatic heterocycles. The topological polar surface area (TPSA) is 138 Å². The van der Waals surface area contributed by atoms with Gasteiger partial charge in [0.05, 0.1) is 16.2 Å². The molecule has 116 valence electrons. The third kappa shape index (κ3) is 3.73. The predicted octanol–water partition coefficient (Wildman–Crippen LogP) is 2.91. The third-order valence-electron chi connectivity index (χ3n) is 2.79. The zero-order valence-corrected chi connectivity index (χ0v) is 13.2. The normalized spacial score (nSPS) is 15.2. The van der Waals surface area contributed by atoms with Crippen molar-refractivity contribution in [3.63, 3.8) is 0 Å². The highest BCUT2D eigenvalue weighted by molar-refractivity contribution is 14.1. The second-order valence-corrected chi connectivity index (χ2v) is 5.57. The Hall–Kier alpha value is -2.15. The number of hydrogen-bond acceptors (Lipinski definition) is 7. The van der Waals surface area contributed by atoms with E-state index < -0.39 is 38.0 Å². The standard InChI is InChI=1S/C11H10IN5O5/c13-15-12-14-8-1-2-9(17(20)21)7(5-8)6-22-16-10(18)3-4-11(16)19/h1-2,5,13H,3-4,6H2. The Balaban J connectivity index is 2.21.